The summed E-state index contributed by atoms with van der Waals surface area (Å²) >= 11 is 1.69. The Labute approximate surface area is 112 Å². The van der Waals surface area contributed by atoms with E-state index < -0.39 is 0 Å². The first kappa shape index (κ1) is 12.2. The van der Waals surface area contributed by atoms with E-state index in [0.29, 0.717) is 0 Å². The number of aryl methyl sites for hydroxylation is 2. The highest BCUT2D eigenvalue weighted by Gasteiger charge is 2.18. The molecule has 0 spiro atoms. The Balaban J connectivity index is 1.48. The third-order valence-electron chi connectivity index (χ3n) is 3.88. The van der Waals surface area contributed by atoms with Crippen molar-refractivity contribution in [3.63, 3.8) is 0 Å². The van der Waals surface area contributed by atoms with E-state index in [1.807, 2.05) is 0 Å². The predicted octanol–water partition coefficient (Wildman–Crippen LogP) is 2.06. The molecule has 0 saturated carbocycles. The average Bonchev–Trinajstić information content (AvgIpc) is 3.04. The fraction of sp³-hybridized carbons (Fsp3) is 0.643. The second-order valence-electron chi connectivity index (χ2n) is 5.22. The summed E-state index contributed by atoms with van der Waals surface area (Å²) < 4.78 is 0. The van der Waals surface area contributed by atoms with Crippen molar-refractivity contribution in [1.29, 1.82) is 0 Å². The van der Waals surface area contributed by atoms with Gasteiger partial charge in [0, 0.05) is 18.0 Å². The van der Waals surface area contributed by atoms with E-state index in [1.54, 1.807) is 11.3 Å². The van der Waals surface area contributed by atoms with E-state index >= 15 is 0 Å². The molecule has 0 radical (unpaired) electrons. The van der Waals surface area contributed by atoms with Gasteiger partial charge in [0.2, 0.25) is 0 Å². The Hall–Kier alpha value is -0.870. The summed E-state index contributed by atoms with van der Waals surface area (Å²) in [5.41, 5.74) is 1.41. The molecule has 2 heterocycles. The molecule has 1 N–H and O–H groups in total. The van der Waals surface area contributed by atoms with Crippen LogP contribution in [0.2, 0.25) is 0 Å². The van der Waals surface area contributed by atoms with Gasteiger partial charge < -0.3 is 10.2 Å². The van der Waals surface area contributed by atoms with E-state index in [4.69, 9.17) is 0 Å². The molecule has 1 amide bonds. The van der Waals surface area contributed by atoms with Crippen LogP contribution < -0.4 is 5.32 Å². The van der Waals surface area contributed by atoms with Crippen molar-refractivity contribution in [1.82, 2.24) is 10.2 Å². The van der Waals surface area contributed by atoms with E-state index in [-0.39, 0.29) is 5.91 Å². The number of carbonyl (C=O) groups excluding carboxylic acids is 1. The van der Waals surface area contributed by atoms with Crippen LogP contribution in [0.25, 0.3) is 0 Å². The number of fused-ring (bicyclic) bond motifs is 1. The van der Waals surface area contributed by atoms with Gasteiger partial charge in [0.25, 0.3) is 5.91 Å². The molecule has 2 aliphatic rings. The number of nitrogens with zero attached hydrogens (tertiary/aromatic N) is 1. The maximum atomic E-state index is 12.0. The van der Waals surface area contributed by atoms with Gasteiger partial charge >= 0.3 is 0 Å². The zero-order valence-corrected chi connectivity index (χ0v) is 11.5. The molecular weight excluding hydrogens is 244 g/mol. The van der Waals surface area contributed by atoms with Gasteiger partial charge in [-0.05, 0) is 56.8 Å². The van der Waals surface area contributed by atoms with Crippen LogP contribution in [0.15, 0.2) is 6.07 Å². The number of carbonyl (C=O) groups is 1. The molecule has 18 heavy (non-hydrogen) atoms. The summed E-state index contributed by atoms with van der Waals surface area (Å²) in [6, 6.07) is 2.10. The lowest BCUT2D eigenvalue weighted by molar-refractivity contribution is 0.0953. The summed E-state index contributed by atoms with van der Waals surface area (Å²) in [5, 5.41) is 3.04. The molecule has 3 nitrogen and oxygen atoms in total. The second-order valence-corrected chi connectivity index (χ2v) is 6.35. The van der Waals surface area contributed by atoms with Crippen LogP contribution in [-0.2, 0) is 12.8 Å². The quantitative estimate of drug-likeness (QED) is 0.903. The van der Waals surface area contributed by atoms with Crippen LogP contribution >= 0.6 is 11.3 Å². The van der Waals surface area contributed by atoms with Crippen molar-refractivity contribution in [3.05, 3.63) is 21.4 Å². The molecule has 1 saturated heterocycles. The van der Waals surface area contributed by atoms with Crippen molar-refractivity contribution in [2.75, 3.05) is 26.2 Å². The summed E-state index contributed by atoms with van der Waals surface area (Å²) in [4.78, 5) is 16.8. The highest BCUT2D eigenvalue weighted by atomic mass is 32.1. The SMILES string of the molecule is O=C(NCCN1CCCC1)c1cc2c(s1)CCC2. The molecule has 1 aromatic rings. The van der Waals surface area contributed by atoms with Gasteiger partial charge in [-0.1, -0.05) is 0 Å². The molecule has 4 heteroatoms. The summed E-state index contributed by atoms with van der Waals surface area (Å²) in [7, 11) is 0. The van der Waals surface area contributed by atoms with Crippen LogP contribution in [-0.4, -0.2) is 37.0 Å². The lowest BCUT2D eigenvalue weighted by atomic mass is 10.2. The minimum Gasteiger partial charge on any atom is -0.350 e. The molecular formula is C14H20N2OS. The molecule has 98 valence electrons. The van der Waals surface area contributed by atoms with Crippen LogP contribution in [0.3, 0.4) is 0 Å². The minimum absolute atomic E-state index is 0.119. The Bertz CT molecular complexity index is 414. The van der Waals surface area contributed by atoms with Gasteiger partial charge in [-0.15, -0.1) is 11.3 Å². The Morgan fingerprint density at radius 3 is 2.89 bits per heavy atom. The maximum absolute atomic E-state index is 12.0. The van der Waals surface area contributed by atoms with Gasteiger partial charge in [0.05, 0.1) is 4.88 Å². The van der Waals surface area contributed by atoms with Crippen LogP contribution in [0.5, 0.6) is 0 Å². The zero-order valence-electron chi connectivity index (χ0n) is 10.7. The van der Waals surface area contributed by atoms with E-state index in [0.717, 1.165) is 24.4 Å². The first-order chi connectivity index (χ1) is 8.83. The Kier molecular flexibility index (Phi) is 3.66. The topological polar surface area (TPSA) is 32.3 Å². The zero-order chi connectivity index (χ0) is 12.4. The normalized spacial score (nSPS) is 19.1. The average molecular weight is 264 g/mol. The van der Waals surface area contributed by atoms with Crippen LogP contribution in [0.4, 0.5) is 0 Å². The number of rotatable bonds is 4. The molecule has 0 bridgehead atoms. The van der Waals surface area contributed by atoms with Crippen molar-refractivity contribution >= 4 is 17.2 Å². The summed E-state index contributed by atoms with van der Waals surface area (Å²) in [6.07, 6.45) is 6.21. The van der Waals surface area contributed by atoms with Crippen molar-refractivity contribution in [3.8, 4) is 0 Å². The fourth-order valence-corrected chi connectivity index (χ4v) is 4.03. The number of hydrogen-bond acceptors (Lipinski definition) is 3. The molecule has 0 aromatic carbocycles. The van der Waals surface area contributed by atoms with Gasteiger partial charge in [-0.2, -0.15) is 0 Å². The Morgan fingerprint density at radius 2 is 2.11 bits per heavy atom. The third kappa shape index (κ3) is 2.59. The second kappa shape index (κ2) is 5.41. The molecule has 1 fully saturated rings. The van der Waals surface area contributed by atoms with E-state index in [1.165, 1.54) is 49.2 Å². The first-order valence-corrected chi connectivity index (χ1v) is 7.77. The largest absolute Gasteiger partial charge is 0.350 e. The van der Waals surface area contributed by atoms with Crippen LogP contribution in [0, 0.1) is 0 Å². The van der Waals surface area contributed by atoms with Gasteiger partial charge in [-0.25, -0.2) is 0 Å². The smallest absolute Gasteiger partial charge is 0.261 e. The lowest BCUT2D eigenvalue weighted by Crippen LogP contribution is -2.33. The number of nitrogens with one attached hydrogen (secondary N) is 1. The fourth-order valence-electron chi connectivity index (χ4n) is 2.86. The molecule has 1 aliphatic heterocycles. The van der Waals surface area contributed by atoms with Crippen LogP contribution in [0.1, 0.15) is 39.4 Å². The van der Waals surface area contributed by atoms with E-state index in [2.05, 4.69) is 16.3 Å². The van der Waals surface area contributed by atoms with Crippen molar-refractivity contribution in [2.45, 2.75) is 32.1 Å². The Morgan fingerprint density at radius 1 is 1.28 bits per heavy atom. The van der Waals surface area contributed by atoms with Crippen molar-refractivity contribution < 1.29 is 4.79 Å². The predicted molar refractivity (Wildman–Crippen MR) is 74.4 cm³/mol. The highest BCUT2D eigenvalue weighted by Crippen LogP contribution is 2.30. The third-order valence-corrected chi connectivity index (χ3v) is 5.12. The minimum atomic E-state index is 0.119. The lowest BCUT2D eigenvalue weighted by Gasteiger charge is -2.14. The van der Waals surface area contributed by atoms with Gasteiger partial charge in [0.15, 0.2) is 0 Å². The highest BCUT2D eigenvalue weighted by molar-refractivity contribution is 7.14. The maximum Gasteiger partial charge on any atom is 0.261 e. The summed E-state index contributed by atoms with van der Waals surface area (Å²) in [5.74, 6) is 0.119. The molecule has 0 atom stereocenters. The number of likely N-dealkylation sites (tertiary alicyclic amines) is 1. The first-order valence-electron chi connectivity index (χ1n) is 6.95. The van der Waals surface area contributed by atoms with E-state index in [9.17, 15) is 4.79 Å². The molecule has 1 aromatic heterocycles. The number of hydrogen-bond donors (Lipinski definition) is 1. The summed E-state index contributed by atoms with van der Waals surface area (Å²) in [6.45, 7) is 4.17. The molecule has 1 aliphatic carbocycles. The molecule has 3 rings (SSSR count). The van der Waals surface area contributed by atoms with Crippen molar-refractivity contribution in [2.24, 2.45) is 0 Å². The number of thiophene rings is 1. The molecule has 0 unspecified atom stereocenters. The standard InChI is InChI=1S/C14H20N2OS/c17-14(15-6-9-16-7-1-2-8-16)13-10-11-4-3-5-12(11)18-13/h10H,1-9H2,(H,15,17). The number of amides is 1. The van der Waals surface area contributed by atoms with Gasteiger partial charge in [0.1, 0.15) is 0 Å². The monoisotopic (exact) mass is 264 g/mol. The van der Waals surface area contributed by atoms with Gasteiger partial charge in [-0.3, -0.25) is 4.79 Å².